The van der Waals surface area contributed by atoms with E-state index < -0.39 is 16.8 Å². The van der Waals surface area contributed by atoms with E-state index in [9.17, 15) is 0 Å². The van der Waals surface area contributed by atoms with Crippen molar-refractivity contribution in [3.05, 3.63) is 0 Å². The van der Waals surface area contributed by atoms with Crippen molar-refractivity contribution in [2.24, 2.45) is 0 Å². The van der Waals surface area contributed by atoms with Gasteiger partial charge in [0.1, 0.15) is 8.24 Å². The standard InChI is InChI=1S/C18H44N2O2Si2/c1-9-13-19(14-10-2)16-17-20(23(5,6)7)15-11-12-18-24(8,21-3)22-4/h9-18H2,1-8H3. The fraction of sp³-hybridized carbons (Fsp3) is 1.00. The van der Waals surface area contributed by atoms with Crippen LogP contribution in [0.25, 0.3) is 0 Å². The Hall–Kier alpha value is 0.274. The molecule has 0 saturated heterocycles. The molecule has 0 amide bonds. The van der Waals surface area contributed by atoms with E-state index in [1.165, 1.54) is 58.4 Å². The summed E-state index contributed by atoms with van der Waals surface area (Å²) in [5.74, 6) is 0. The summed E-state index contributed by atoms with van der Waals surface area (Å²) in [7, 11) is 0.439. The predicted octanol–water partition coefficient (Wildman–Crippen LogP) is 4.39. The van der Waals surface area contributed by atoms with E-state index in [0.29, 0.717) is 0 Å². The highest BCUT2D eigenvalue weighted by Gasteiger charge is 2.28. The van der Waals surface area contributed by atoms with Gasteiger partial charge in [0, 0.05) is 27.3 Å². The van der Waals surface area contributed by atoms with E-state index in [-0.39, 0.29) is 0 Å². The van der Waals surface area contributed by atoms with Gasteiger partial charge in [0.25, 0.3) is 0 Å². The van der Waals surface area contributed by atoms with Crippen LogP contribution in [0.1, 0.15) is 39.5 Å². The fourth-order valence-corrected chi connectivity index (χ4v) is 6.12. The third kappa shape index (κ3) is 10.3. The van der Waals surface area contributed by atoms with Gasteiger partial charge in [0.2, 0.25) is 0 Å². The summed E-state index contributed by atoms with van der Waals surface area (Å²) in [5, 5.41) is 0. The molecule has 0 fully saturated rings. The van der Waals surface area contributed by atoms with Crippen molar-refractivity contribution >= 4 is 16.8 Å². The minimum atomic E-state index is -1.89. The lowest BCUT2D eigenvalue weighted by Gasteiger charge is -2.36. The highest BCUT2D eigenvalue weighted by atomic mass is 28.4. The normalized spacial score (nSPS) is 13.2. The molecule has 0 radical (unpaired) electrons. The van der Waals surface area contributed by atoms with Gasteiger partial charge in [-0.3, -0.25) is 0 Å². The second-order valence-corrected chi connectivity index (χ2v) is 16.6. The summed E-state index contributed by atoms with van der Waals surface area (Å²) in [6, 6.07) is 1.09. The first-order chi connectivity index (χ1) is 11.2. The zero-order valence-electron chi connectivity index (χ0n) is 17.8. The van der Waals surface area contributed by atoms with E-state index >= 15 is 0 Å². The second kappa shape index (κ2) is 12.6. The molecular formula is C18H44N2O2Si2. The van der Waals surface area contributed by atoms with Crippen molar-refractivity contribution in [3.63, 3.8) is 0 Å². The van der Waals surface area contributed by atoms with Crippen LogP contribution in [0, 0.1) is 0 Å². The van der Waals surface area contributed by atoms with Gasteiger partial charge in [-0.2, -0.15) is 0 Å². The predicted molar refractivity (Wildman–Crippen MR) is 112 cm³/mol. The Morgan fingerprint density at radius 3 is 1.67 bits per heavy atom. The monoisotopic (exact) mass is 376 g/mol. The summed E-state index contributed by atoms with van der Waals surface area (Å²) < 4.78 is 14.0. The molecule has 0 bridgehead atoms. The summed E-state index contributed by atoms with van der Waals surface area (Å²) >= 11 is 0. The SMILES string of the molecule is CCCN(CCC)CCN(CCCC[Si](C)(OC)OC)[Si](C)(C)C. The Labute approximate surface area is 154 Å². The zero-order chi connectivity index (χ0) is 18.6. The lowest BCUT2D eigenvalue weighted by molar-refractivity contribution is 0.241. The maximum atomic E-state index is 5.60. The van der Waals surface area contributed by atoms with Crippen LogP contribution in [0.3, 0.4) is 0 Å². The molecule has 6 heteroatoms. The number of rotatable bonds is 15. The largest absolute Gasteiger partial charge is 0.398 e. The zero-order valence-corrected chi connectivity index (χ0v) is 19.8. The minimum absolute atomic E-state index is 1.09. The molecule has 0 aromatic rings. The molecule has 24 heavy (non-hydrogen) atoms. The molecule has 4 nitrogen and oxygen atoms in total. The number of nitrogens with zero attached hydrogens (tertiary/aromatic N) is 2. The van der Waals surface area contributed by atoms with Crippen LogP contribution in [0.15, 0.2) is 0 Å². The van der Waals surface area contributed by atoms with E-state index in [1.54, 1.807) is 14.2 Å². The smallest absolute Gasteiger partial charge is 0.334 e. The second-order valence-electron chi connectivity index (χ2n) is 8.00. The quantitative estimate of drug-likeness (QED) is 0.312. The summed E-state index contributed by atoms with van der Waals surface area (Å²) in [6.07, 6.45) is 4.97. The minimum Gasteiger partial charge on any atom is -0.398 e. The molecule has 0 saturated carbocycles. The Bertz CT molecular complexity index is 302. The molecule has 0 aromatic heterocycles. The lowest BCUT2D eigenvalue weighted by Crippen LogP contribution is -2.50. The topological polar surface area (TPSA) is 24.9 Å². The van der Waals surface area contributed by atoms with Gasteiger partial charge < -0.3 is 18.3 Å². The molecule has 0 rings (SSSR count). The maximum Gasteiger partial charge on any atom is 0.334 e. The highest BCUT2D eigenvalue weighted by molar-refractivity contribution is 6.73. The third-order valence-electron chi connectivity index (χ3n) is 4.89. The summed E-state index contributed by atoms with van der Waals surface area (Å²) in [4.78, 5) is 2.63. The van der Waals surface area contributed by atoms with E-state index in [4.69, 9.17) is 8.85 Å². The van der Waals surface area contributed by atoms with Gasteiger partial charge >= 0.3 is 8.56 Å². The van der Waals surface area contributed by atoms with Crippen molar-refractivity contribution in [1.82, 2.24) is 9.47 Å². The first kappa shape index (κ1) is 24.3. The number of hydrogen-bond donors (Lipinski definition) is 0. The molecule has 0 aliphatic heterocycles. The highest BCUT2D eigenvalue weighted by Crippen LogP contribution is 2.17. The molecule has 0 spiro atoms. The summed E-state index contributed by atoms with van der Waals surface area (Å²) in [6.45, 7) is 20.3. The molecule has 0 aliphatic rings. The van der Waals surface area contributed by atoms with Crippen LogP contribution in [0.2, 0.25) is 32.2 Å². The van der Waals surface area contributed by atoms with Gasteiger partial charge in [-0.25, -0.2) is 0 Å². The van der Waals surface area contributed by atoms with Crippen molar-refractivity contribution in [2.75, 3.05) is 46.9 Å². The molecule has 0 atom stereocenters. The molecule has 0 aromatic carbocycles. The Balaban J connectivity index is 4.38. The maximum absolute atomic E-state index is 5.60. The Morgan fingerprint density at radius 2 is 1.25 bits per heavy atom. The van der Waals surface area contributed by atoms with Gasteiger partial charge in [-0.1, -0.05) is 39.9 Å². The molecule has 0 N–H and O–H groups in total. The summed E-state index contributed by atoms with van der Waals surface area (Å²) in [5.41, 5.74) is 0. The molecule has 0 aliphatic carbocycles. The Morgan fingerprint density at radius 1 is 0.708 bits per heavy atom. The van der Waals surface area contributed by atoms with Gasteiger partial charge in [-0.15, -0.1) is 0 Å². The van der Waals surface area contributed by atoms with Crippen LogP contribution in [0.4, 0.5) is 0 Å². The third-order valence-corrected chi connectivity index (χ3v) is 10.2. The van der Waals surface area contributed by atoms with Gasteiger partial charge in [-0.05, 0) is 51.5 Å². The van der Waals surface area contributed by atoms with Crippen LogP contribution >= 0.6 is 0 Å². The van der Waals surface area contributed by atoms with Crippen LogP contribution in [0.5, 0.6) is 0 Å². The molecule has 146 valence electrons. The molecular weight excluding hydrogens is 332 g/mol. The van der Waals surface area contributed by atoms with Crippen LogP contribution in [-0.2, 0) is 8.85 Å². The van der Waals surface area contributed by atoms with Gasteiger partial charge in [0.15, 0.2) is 0 Å². The number of hydrogen-bond acceptors (Lipinski definition) is 4. The fourth-order valence-electron chi connectivity index (χ4n) is 3.05. The van der Waals surface area contributed by atoms with Crippen molar-refractivity contribution in [3.8, 4) is 0 Å². The molecule has 0 heterocycles. The van der Waals surface area contributed by atoms with E-state index in [1.807, 2.05) is 0 Å². The Kier molecular flexibility index (Phi) is 12.7. The van der Waals surface area contributed by atoms with E-state index in [2.05, 4.69) is 49.5 Å². The first-order valence-corrected chi connectivity index (χ1v) is 15.8. The van der Waals surface area contributed by atoms with E-state index in [0.717, 1.165) is 6.04 Å². The van der Waals surface area contributed by atoms with Crippen molar-refractivity contribution in [1.29, 1.82) is 0 Å². The van der Waals surface area contributed by atoms with Gasteiger partial charge in [0.05, 0.1) is 0 Å². The average molecular weight is 377 g/mol. The molecule has 0 unspecified atom stereocenters. The van der Waals surface area contributed by atoms with Crippen molar-refractivity contribution in [2.45, 2.75) is 71.8 Å². The average Bonchev–Trinajstić information content (AvgIpc) is 2.52. The van der Waals surface area contributed by atoms with Crippen LogP contribution < -0.4 is 0 Å². The first-order valence-electron chi connectivity index (χ1n) is 9.80. The lowest BCUT2D eigenvalue weighted by atomic mass is 10.3. The number of unbranched alkanes of at least 4 members (excludes halogenated alkanes) is 1. The van der Waals surface area contributed by atoms with Crippen molar-refractivity contribution < 1.29 is 8.85 Å². The van der Waals surface area contributed by atoms with Crippen LogP contribution in [-0.4, -0.2) is 73.2 Å².